The van der Waals surface area contributed by atoms with Crippen molar-refractivity contribution in [3.63, 3.8) is 0 Å². The number of rotatable bonds is 1. The Labute approximate surface area is 178 Å². The second-order valence-corrected chi connectivity index (χ2v) is 10.6. The third-order valence-corrected chi connectivity index (χ3v) is 7.75. The summed E-state index contributed by atoms with van der Waals surface area (Å²) in [6.07, 6.45) is 3.08. The second-order valence-electron chi connectivity index (χ2n) is 9.13. The third kappa shape index (κ3) is 2.82. The van der Waals surface area contributed by atoms with Gasteiger partial charge < -0.3 is 0 Å². The molecule has 0 aliphatic heterocycles. The summed E-state index contributed by atoms with van der Waals surface area (Å²) >= 11 is 7.26. The molecule has 1 aliphatic carbocycles. The maximum Gasteiger partial charge on any atom is 0.268 e. The van der Waals surface area contributed by atoms with Gasteiger partial charge in [0.2, 0.25) is 10.5 Å². The smallest absolute Gasteiger partial charge is 0.268 e. The molecule has 5 rings (SSSR count). The highest BCUT2D eigenvalue weighted by molar-refractivity contribution is 7.71. The number of nitrogens with one attached hydrogen (secondary N) is 1. The van der Waals surface area contributed by atoms with Crippen LogP contribution in [0, 0.1) is 23.0 Å². The molecule has 29 heavy (non-hydrogen) atoms. The van der Waals surface area contributed by atoms with E-state index in [0.717, 1.165) is 40.7 Å². The first-order valence-electron chi connectivity index (χ1n) is 9.99. The van der Waals surface area contributed by atoms with Crippen LogP contribution in [0.25, 0.3) is 21.7 Å². The molecule has 1 unspecified atom stereocenters. The average Bonchev–Trinajstić information content (AvgIpc) is 3.23. The number of fused-ring (bicyclic) bond motifs is 5. The number of aromatic nitrogens is 4. The maximum atomic E-state index is 13.7. The Morgan fingerprint density at radius 1 is 1.24 bits per heavy atom. The molecule has 0 bridgehead atoms. The van der Waals surface area contributed by atoms with Gasteiger partial charge in [-0.1, -0.05) is 38.5 Å². The summed E-state index contributed by atoms with van der Waals surface area (Å²) in [6, 6.07) is 7.96. The van der Waals surface area contributed by atoms with Gasteiger partial charge in [-0.25, -0.2) is 14.1 Å². The number of nitrogens with zero attached hydrogens (tertiary/aromatic N) is 3. The molecule has 3 heterocycles. The van der Waals surface area contributed by atoms with Gasteiger partial charge in [-0.2, -0.15) is 0 Å². The fraction of sp³-hybridized carbons (Fsp3) is 0.409. The minimum atomic E-state index is -0.00272. The van der Waals surface area contributed by atoms with Gasteiger partial charge in [-0.05, 0) is 67.4 Å². The van der Waals surface area contributed by atoms with Crippen LogP contribution in [0.5, 0.6) is 0 Å². The monoisotopic (exact) mass is 424 g/mol. The van der Waals surface area contributed by atoms with Gasteiger partial charge in [0.1, 0.15) is 4.83 Å². The lowest BCUT2D eigenvalue weighted by molar-refractivity contribution is 0.218. The van der Waals surface area contributed by atoms with E-state index in [-0.39, 0.29) is 11.0 Å². The Bertz CT molecular complexity index is 1360. The molecule has 0 radical (unpaired) electrons. The molecule has 0 amide bonds. The lowest BCUT2D eigenvalue weighted by Crippen LogP contribution is -2.27. The van der Waals surface area contributed by atoms with Gasteiger partial charge in [0.25, 0.3) is 5.56 Å². The first-order chi connectivity index (χ1) is 13.8. The second kappa shape index (κ2) is 6.37. The van der Waals surface area contributed by atoms with E-state index in [0.29, 0.717) is 16.5 Å². The average molecular weight is 425 g/mol. The molecule has 3 aromatic heterocycles. The summed E-state index contributed by atoms with van der Waals surface area (Å²) in [5.74, 6) is 1.16. The number of benzene rings is 1. The molecular formula is C22H24N4OS2. The Morgan fingerprint density at radius 3 is 2.66 bits per heavy atom. The summed E-state index contributed by atoms with van der Waals surface area (Å²) in [5, 5.41) is 8.11. The third-order valence-electron chi connectivity index (χ3n) is 6.24. The van der Waals surface area contributed by atoms with Gasteiger partial charge in [0.05, 0.1) is 11.1 Å². The molecule has 7 heteroatoms. The van der Waals surface area contributed by atoms with E-state index in [1.54, 1.807) is 15.9 Å². The van der Waals surface area contributed by atoms with Crippen molar-refractivity contribution in [2.45, 2.75) is 47.0 Å². The highest BCUT2D eigenvalue weighted by Crippen LogP contribution is 2.42. The molecule has 1 atom stereocenters. The first-order valence-corrected chi connectivity index (χ1v) is 11.2. The fourth-order valence-electron chi connectivity index (χ4n) is 4.44. The predicted molar refractivity (Wildman–Crippen MR) is 121 cm³/mol. The Hall–Kier alpha value is -2.25. The van der Waals surface area contributed by atoms with Gasteiger partial charge in [0.15, 0.2) is 0 Å². The van der Waals surface area contributed by atoms with E-state index >= 15 is 0 Å². The van der Waals surface area contributed by atoms with Crippen molar-refractivity contribution in [2.75, 3.05) is 0 Å². The number of hydrogen-bond donors (Lipinski definition) is 1. The summed E-state index contributed by atoms with van der Waals surface area (Å²) in [7, 11) is 0. The minimum absolute atomic E-state index is 0.00272. The number of H-pyrrole nitrogens is 1. The van der Waals surface area contributed by atoms with Crippen LogP contribution in [0.4, 0.5) is 0 Å². The van der Waals surface area contributed by atoms with E-state index in [4.69, 9.17) is 12.2 Å². The van der Waals surface area contributed by atoms with Crippen molar-refractivity contribution in [2.24, 2.45) is 11.3 Å². The number of thiophene rings is 1. The topological polar surface area (TPSA) is 55.1 Å². The van der Waals surface area contributed by atoms with Gasteiger partial charge in [-0.15, -0.1) is 16.4 Å². The van der Waals surface area contributed by atoms with E-state index in [1.807, 2.05) is 35.6 Å². The van der Waals surface area contributed by atoms with Crippen LogP contribution in [-0.4, -0.2) is 19.2 Å². The molecule has 4 aromatic rings. The van der Waals surface area contributed by atoms with Crippen LogP contribution >= 0.6 is 23.6 Å². The maximum absolute atomic E-state index is 13.7. The van der Waals surface area contributed by atoms with Crippen molar-refractivity contribution >= 4 is 39.5 Å². The van der Waals surface area contributed by atoms with Crippen LogP contribution in [0.1, 0.15) is 43.2 Å². The summed E-state index contributed by atoms with van der Waals surface area (Å²) in [5.41, 5.74) is 3.43. The Balaban J connectivity index is 1.85. The molecule has 1 aliphatic rings. The Kier molecular flexibility index (Phi) is 4.12. The van der Waals surface area contributed by atoms with E-state index in [2.05, 4.69) is 31.0 Å². The Morgan fingerprint density at radius 2 is 1.97 bits per heavy atom. The van der Waals surface area contributed by atoms with Crippen LogP contribution in [0.3, 0.4) is 0 Å². The van der Waals surface area contributed by atoms with Crippen molar-refractivity contribution < 1.29 is 0 Å². The number of aryl methyl sites for hydroxylation is 2. The van der Waals surface area contributed by atoms with Gasteiger partial charge in [0, 0.05) is 4.88 Å². The molecule has 0 saturated carbocycles. The molecule has 150 valence electrons. The van der Waals surface area contributed by atoms with E-state index < -0.39 is 0 Å². The molecule has 1 aromatic carbocycles. The highest BCUT2D eigenvalue weighted by Gasteiger charge is 2.32. The summed E-state index contributed by atoms with van der Waals surface area (Å²) < 4.78 is 4.15. The molecular weight excluding hydrogens is 400 g/mol. The van der Waals surface area contributed by atoms with E-state index in [9.17, 15) is 4.79 Å². The zero-order chi connectivity index (χ0) is 20.5. The predicted octanol–water partition coefficient (Wildman–Crippen LogP) is 5.22. The van der Waals surface area contributed by atoms with Gasteiger partial charge in [-0.3, -0.25) is 4.79 Å². The minimum Gasteiger partial charge on any atom is -0.268 e. The summed E-state index contributed by atoms with van der Waals surface area (Å²) in [6.45, 7) is 8.97. The van der Waals surface area contributed by atoms with Gasteiger partial charge >= 0.3 is 0 Å². The first kappa shape index (κ1) is 18.8. The van der Waals surface area contributed by atoms with Crippen molar-refractivity contribution in [3.05, 3.63) is 55.4 Å². The van der Waals surface area contributed by atoms with Crippen molar-refractivity contribution in [3.8, 4) is 5.69 Å². The number of aromatic amines is 1. The molecule has 5 nitrogen and oxygen atoms in total. The summed E-state index contributed by atoms with van der Waals surface area (Å²) in [4.78, 5) is 16.0. The van der Waals surface area contributed by atoms with Crippen LogP contribution < -0.4 is 5.56 Å². The SMILES string of the molecule is Cc1ccc(-n2c(=O)c3c4c(sc3n3c(=S)[nH]nc23)CC(C(C)(C)C)CC4)cc1. The van der Waals surface area contributed by atoms with Crippen molar-refractivity contribution in [1.29, 1.82) is 0 Å². The fourth-order valence-corrected chi connectivity index (χ4v) is 6.14. The molecule has 0 spiro atoms. The lowest BCUT2D eigenvalue weighted by atomic mass is 9.72. The van der Waals surface area contributed by atoms with E-state index in [1.165, 1.54) is 10.4 Å². The van der Waals surface area contributed by atoms with Crippen LogP contribution in [0.15, 0.2) is 29.1 Å². The number of hydrogen-bond acceptors (Lipinski definition) is 4. The van der Waals surface area contributed by atoms with Crippen LogP contribution in [0.2, 0.25) is 0 Å². The molecule has 1 N–H and O–H groups in total. The molecule has 0 fully saturated rings. The van der Waals surface area contributed by atoms with Crippen LogP contribution in [-0.2, 0) is 12.8 Å². The highest BCUT2D eigenvalue weighted by atomic mass is 32.1. The standard InChI is InChI=1S/C22H24N4OS2/c1-12-5-8-14(9-6-12)25-18(27)17-15-10-7-13(22(2,3)4)11-16(15)29-19(17)26-20(25)23-24-21(26)28/h5-6,8-9,13H,7,10-11H2,1-4H3,(H,24,28). The zero-order valence-corrected chi connectivity index (χ0v) is 18.7. The van der Waals surface area contributed by atoms with Crippen molar-refractivity contribution in [1.82, 2.24) is 19.2 Å². The zero-order valence-electron chi connectivity index (χ0n) is 17.1. The largest absolute Gasteiger partial charge is 0.268 e. The normalized spacial score (nSPS) is 17.2. The lowest BCUT2D eigenvalue weighted by Gasteiger charge is -2.33. The quantitative estimate of drug-likeness (QED) is 0.426. The molecule has 0 saturated heterocycles.